The number of imide groups is 1. The maximum Gasteiger partial charge on any atom is 0.255 e. The molecule has 9 heteroatoms. The van der Waals surface area contributed by atoms with Gasteiger partial charge in [0.25, 0.3) is 5.91 Å². The molecule has 1 unspecified atom stereocenters. The predicted octanol–water partition coefficient (Wildman–Crippen LogP) is 0.911. The lowest BCUT2D eigenvalue weighted by molar-refractivity contribution is -0.155. The SMILES string of the molecule is NCC1(CNCc2ccc3c(c2)C(=O)N(C2CCC(=O)NC2=O)C3)CC(F)(F)C1. The van der Waals surface area contributed by atoms with Crippen LogP contribution in [0.15, 0.2) is 18.2 Å². The Morgan fingerprint density at radius 3 is 2.66 bits per heavy atom. The predicted molar refractivity (Wildman–Crippen MR) is 99.9 cm³/mol. The molecule has 1 aromatic carbocycles. The first-order valence-corrected chi connectivity index (χ1v) is 9.77. The summed E-state index contributed by atoms with van der Waals surface area (Å²) in [6.45, 7) is 1.37. The maximum atomic E-state index is 13.2. The summed E-state index contributed by atoms with van der Waals surface area (Å²) in [5.74, 6) is -3.61. The van der Waals surface area contributed by atoms with Crippen molar-refractivity contribution in [3.05, 3.63) is 34.9 Å². The second-order valence-corrected chi connectivity index (χ2v) is 8.41. The molecule has 7 nitrogen and oxygen atoms in total. The van der Waals surface area contributed by atoms with Crippen LogP contribution >= 0.6 is 0 Å². The average molecular weight is 406 g/mol. The Kier molecular flexibility index (Phi) is 4.90. The summed E-state index contributed by atoms with van der Waals surface area (Å²) in [6, 6.07) is 4.88. The highest BCUT2D eigenvalue weighted by atomic mass is 19.3. The zero-order chi connectivity index (χ0) is 20.8. The minimum atomic E-state index is -2.62. The van der Waals surface area contributed by atoms with Gasteiger partial charge < -0.3 is 16.0 Å². The van der Waals surface area contributed by atoms with Gasteiger partial charge in [-0.1, -0.05) is 12.1 Å². The molecule has 1 saturated carbocycles. The van der Waals surface area contributed by atoms with E-state index >= 15 is 0 Å². The van der Waals surface area contributed by atoms with Crippen LogP contribution in [0, 0.1) is 5.41 Å². The molecule has 1 atom stereocenters. The van der Waals surface area contributed by atoms with Crippen LogP contribution in [-0.2, 0) is 22.7 Å². The van der Waals surface area contributed by atoms with Gasteiger partial charge in [0.2, 0.25) is 17.7 Å². The van der Waals surface area contributed by atoms with Crippen LogP contribution in [0.1, 0.15) is 47.2 Å². The second-order valence-electron chi connectivity index (χ2n) is 8.41. The number of hydrogen-bond acceptors (Lipinski definition) is 5. The molecule has 0 bridgehead atoms. The first-order chi connectivity index (χ1) is 13.7. The molecule has 156 valence electrons. The van der Waals surface area contributed by atoms with Gasteiger partial charge in [-0.2, -0.15) is 0 Å². The highest BCUT2D eigenvalue weighted by molar-refractivity contribution is 6.05. The minimum absolute atomic E-state index is 0.201. The monoisotopic (exact) mass is 406 g/mol. The Labute approximate surface area is 167 Å². The number of carbonyl (C=O) groups excluding carboxylic acids is 3. The average Bonchev–Trinajstić information content (AvgIpc) is 2.96. The lowest BCUT2D eigenvalue weighted by atomic mass is 9.66. The second kappa shape index (κ2) is 7.14. The van der Waals surface area contributed by atoms with Crippen LogP contribution in [-0.4, -0.2) is 47.7 Å². The van der Waals surface area contributed by atoms with E-state index in [1.54, 1.807) is 6.07 Å². The summed E-state index contributed by atoms with van der Waals surface area (Å²) < 4.78 is 26.5. The highest BCUT2D eigenvalue weighted by Crippen LogP contribution is 2.50. The number of fused-ring (bicyclic) bond motifs is 1. The van der Waals surface area contributed by atoms with E-state index in [0.717, 1.165) is 11.1 Å². The number of nitrogens with one attached hydrogen (secondary N) is 2. The third kappa shape index (κ3) is 3.76. The number of carbonyl (C=O) groups is 3. The molecule has 0 radical (unpaired) electrons. The molecule has 2 fully saturated rings. The lowest BCUT2D eigenvalue weighted by Crippen LogP contribution is -2.55. The van der Waals surface area contributed by atoms with Crippen molar-refractivity contribution in [2.24, 2.45) is 11.1 Å². The van der Waals surface area contributed by atoms with Crippen LogP contribution in [0.3, 0.4) is 0 Å². The Balaban J connectivity index is 1.38. The Bertz CT molecular complexity index is 865. The quantitative estimate of drug-likeness (QED) is 0.610. The van der Waals surface area contributed by atoms with Gasteiger partial charge in [-0.15, -0.1) is 0 Å². The number of piperidine rings is 1. The molecule has 1 aliphatic carbocycles. The number of alkyl halides is 2. The molecular weight excluding hydrogens is 382 g/mol. The molecule has 4 N–H and O–H groups in total. The fourth-order valence-electron chi connectivity index (χ4n) is 4.57. The maximum absolute atomic E-state index is 13.2. The molecule has 3 aliphatic rings. The zero-order valence-corrected chi connectivity index (χ0v) is 16.0. The van der Waals surface area contributed by atoms with Crippen molar-refractivity contribution < 1.29 is 23.2 Å². The summed E-state index contributed by atoms with van der Waals surface area (Å²) in [5.41, 5.74) is 7.35. The first kappa shape index (κ1) is 19.9. The Morgan fingerprint density at radius 1 is 1.24 bits per heavy atom. The van der Waals surface area contributed by atoms with Gasteiger partial charge in [0.05, 0.1) is 0 Å². The van der Waals surface area contributed by atoms with E-state index in [1.807, 2.05) is 12.1 Å². The first-order valence-electron chi connectivity index (χ1n) is 9.77. The van der Waals surface area contributed by atoms with Crippen molar-refractivity contribution in [1.29, 1.82) is 0 Å². The third-order valence-electron chi connectivity index (χ3n) is 6.12. The van der Waals surface area contributed by atoms with E-state index in [9.17, 15) is 23.2 Å². The summed E-state index contributed by atoms with van der Waals surface area (Å²) in [6.07, 6.45) is 0.137. The largest absolute Gasteiger partial charge is 0.330 e. The van der Waals surface area contributed by atoms with E-state index < -0.39 is 23.3 Å². The van der Waals surface area contributed by atoms with Crippen molar-refractivity contribution in [3.8, 4) is 0 Å². The Hall–Kier alpha value is -2.39. The van der Waals surface area contributed by atoms with Crippen molar-refractivity contribution in [3.63, 3.8) is 0 Å². The van der Waals surface area contributed by atoms with Crippen LogP contribution in [0.25, 0.3) is 0 Å². The van der Waals surface area contributed by atoms with Gasteiger partial charge in [-0.25, -0.2) is 8.78 Å². The molecular formula is C20H24F2N4O3. The fourth-order valence-corrected chi connectivity index (χ4v) is 4.57. The van der Waals surface area contributed by atoms with Gasteiger partial charge in [-0.3, -0.25) is 19.7 Å². The molecule has 29 heavy (non-hydrogen) atoms. The summed E-state index contributed by atoms with van der Waals surface area (Å²) in [5, 5.41) is 5.47. The molecule has 1 aromatic rings. The fraction of sp³-hybridized carbons (Fsp3) is 0.550. The van der Waals surface area contributed by atoms with Crippen molar-refractivity contribution in [2.75, 3.05) is 13.1 Å². The molecule has 0 aromatic heterocycles. The Morgan fingerprint density at radius 2 is 2.00 bits per heavy atom. The number of halogens is 2. The topological polar surface area (TPSA) is 105 Å². The zero-order valence-electron chi connectivity index (χ0n) is 16.0. The normalized spacial score (nSPS) is 24.9. The third-order valence-corrected chi connectivity index (χ3v) is 6.12. The summed E-state index contributed by atoms with van der Waals surface area (Å²) >= 11 is 0. The summed E-state index contributed by atoms with van der Waals surface area (Å²) in [7, 11) is 0. The number of nitrogens with zero attached hydrogens (tertiary/aromatic N) is 1. The van der Waals surface area contributed by atoms with Crippen molar-refractivity contribution in [1.82, 2.24) is 15.5 Å². The molecule has 0 spiro atoms. The molecule has 2 heterocycles. The number of rotatable bonds is 6. The molecule has 3 amide bonds. The number of amides is 3. The van der Waals surface area contributed by atoms with Crippen LogP contribution < -0.4 is 16.4 Å². The number of benzene rings is 1. The van der Waals surface area contributed by atoms with Gasteiger partial charge >= 0.3 is 0 Å². The van der Waals surface area contributed by atoms with Gasteiger partial charge in [0.1, 0.15) is 6.04 Å². The van der Waals surface area contributed by atoms with Crippen LogP contribution in [0.5, 0.6) is 0 Å². The number of hydrogen-bond donors (Lipinski definition) is 3. The standard InChI is InChI=1S/C20H24F2N4O3/c21-20(22)8-19(9-20,10-23)11-24-6-12-1-2-13-7-26(18(29)14(13)5-12)15-3-4-16(27)25-17(15)28/h1-2,5,15,24H,3-4,6-11,23H2,(H,25,27,28). The van der Waals surface area contributed by atoms with Crippen LogP contribution in [0.4, 0.5) is 8.78 Å². The van der Waals surface area contributed by atoms with E-state index in [0.29, 0.717) is 31.6 Å². The lowest BCUT2D eigenvalue weighted by Gasteiger charge is -2.47. The van der Waals surface area contributed by atoms with Crippen molar-refractivity contribution in [2.45, 2.75) is 50.7 Å². The summed E-state index contributed by atoms with van der Waals surface area (Å²) in [4.78, 5) is 37.8. The smallest absolute Gasteiger partial charge is 0.255 e. The van der Waals surface area contributed by atoms with E-state index in [1.165, 1.54) is 4.90 Å². The van der Waals surface area contributed by atoms with E-state index in [-0.39, 0.29) is 37.6 Å². The number of nitrogens with two attached hydrogens (primary N) is 1. The van der Waals surface area contributed by atoms with Crippen molar-refractivity contribution >= 4 is 17.7 Å². The van der Waals surface area contributed by atoms with E-state index in [2.05, 4.69) is 10.6 Å². The van der Waals surface area contributed by atoms with Crippen LogP contribution in [0.2, 0.25) is 0 Å². The highest BCUT2D eigenvalue weighted by Gasteiger charge is 2.55. The minimum Gasteiger partial charge on any atom is -0.330 e. The molecule has 2 aliphatic heterocycles. The molecule has 4 rings (SSSR count). The van der Waals surface area contributed by atoms with Gasteiger partial charge in [-0.05, 0) is 30.2 Å². The van der Waals surface area contributed by atoms with E-state index in [4.69, 9.17) is 5.73 Å². The van der Waals surface area contributed by atoms with Gasteiger partial charge in [0.15, 0.2) is 0 Å². The molecule has 1 saturated heterocycles. The van der Waals surface area contributed by atoms with Gasteiger partial charge in [0, 0.05) is 49.9 Å².